The fourth-order valence-corrected chi connectivity index (χ4v) is 5.05. The number of amides is 2. The first-order chi connectivity index (χ1) is 18.0. The molecule has 2 rings (SSSR count). The molecule has 2 saturated heterocycles. The average molecular weight is 541 g/mol. The molecule has 2 heterocycles. The van der Waals surface area contributed by atoms with Gasteiger partial charge in [-0.3, -0.25) is 24.1 Å². The van der Waals surface area contributed by atoms with Crippen molar-refractivity contribution in [1.29, 1.82) is 0 Å². The zero-order valence-corrected chi connectivity index (χ0v) is 23.3. The smallest absolute Gasteiger partial charge is 0.303 e. The van der Waals surface area contributed by atoms with Crippen LogP contribution in [0.5, 0.6) is 0 Å². The van der Waals surface area contributed by atoms with Crippen molar-refractivity contribution in [3.63, 3.8) is 0 Å². The summed E-state index contributed by atoms with van der Waals surface area (Å²) < 4.78 is 0. The molecule has 0 radical (unpaired) electrons. The van der Waals surface area contributed by atoms with Crippen molar-refractivity contribution in [3.8, 4) is 0 Å². The summed E-state index contributed by atoms with van der Waals surface area (Å²) in [6.07, 6.45) is 1.02. The molecule has 5 atom stereocenters. The highest BCUT2D eigenvalue weighted by molar-refractivity contribution is 5.78. The van der Waals surface area contributed by atoms with Crippen molar-refractivity contribution in [1.82, 2.24) is 31.1 Å². The second-order valence-corrected chi connectivity index (χ2v) is 11.1. The lowest BCUT2D eigenvalue weighted by Crippen LogP contribution is -2.50. The van der Waals surface area contributed by atoms with Gasteiger partial charge in [-0.2, -0.15) is 0 Å². The Hall–Kier alpha value is -2.28. The van der Waals surface area contributed by atoms with Gasteiger partial charge in [0.05, 0.1) is 6.04 Å². The van der Waals surface area contributed by atoms with E-state index in [9.17, 15) is 19.2 Å². The molecule has 38 heavy (non-hydrogen) atoms. The number of aliphatic carboxylic acids is 2. The Kier molecular flexibility index (Phi) is 13.4. The van der Waals surface area contributed by atoms with Crippen LogP contribution in [0.15, 0.2) is 0 Å². The summed E-state index contributed by atoms with van der Waals surface area (Å²) in [4.78, 5) is 51.2. The van der Waals surface area contributed by atoms with Gasteiger partial charge in [0, 0.05) is 65.0 Å². The Balaban J connectivity index is 2.00. The van der Waals surface area contributed by atoms with Crippen LogP contribution in [0, 0.1) is 11.8 Å². The van der Waals surface area contributed by atoms with Crippen LogP contribution in [0.1, 0.15) is 59.3 Å². The van der Waals surface area contributed by atoms with E-state index in [1.54, 1.807) is 0 Å². The van der Waals surface area contributed by atoms with Gasteiger partial charge in [0.15, 0.2) is 0 Å². The van der Waals surface area contributed by atoms with Crippen molar-refractivity contribution in [2.45, 2.75) is 71.0 Å². The lowest BCUT2D eigenvalue weighted by molar-refractivity contribution is -0.138. The first-order valence-corrected chi connectivity index (χ1v) is 14.0. The number of likely N-dealkylation sites (N-methyl/N-ethyl adjacent to an activating group) is 1. The number of hydrogen-bond donors (Lipinski definition) is 6. The zero-order chi connectivity index (χ0) is 28.1. The Labute approximate surface area is 226 Å². The highest BCUT2D eigenvalue weighted by atomic mass is 16.4. The van der Waals surface area contributed by atoms with Gasteiger partial charge in [-0.1, -0.05) is 20.8 Å². The molecule has 2 amide bonds. The third-order valence-electron chi connectivity index (χ3n) is 7.10. The number of fused-ring (bicyclic) bond motifs is 1. The lowest BCUT2D eigenvalue weighted by atomic mass is 10.1. The third-order valence-corrected chi connectivity index (χ3v) is 7.10. The number of rotatable bonds is 11. The van der Waals surface area contributed by atoms with Crippen molar-refractivity contribution < 1.29 is 29.4 Å². The lowest BCUT2D eigenvalue weighted by Gasteiger charge is -2.30. The molecule has 0 aliphatic carbocycles. The number of carbonyl (C=O) groups excluding carboxylic acids is 2. The fraction of sp³-hybridized carbons (Fsp3) is 0.846. The van der Waals surface area contributed by atoms with Gasteiger partial charge in [-0.15, -0.1) is 0 Å². The molecular weight excluding hydrogens is 492 g/mol. The summed E-state index contributed by atoms with van der Waals surface area (Å²) in [7, 11) is 0. The topological polar surface area (TPSA) is 163 Å². The number of hydrogen-bond acceptors (Lipinski definition) is 8. The van der Waals surface area contributed by atoms with Crippen LogP contribution in [0.4, 0.5) is 0 Å². The molecule has 12 heteroatoms. The largest absolute Gasteiger partial charge is 0.481 e. The van der Waals surface area contributed by atoms with Crippen molar-refractivity contribution in [3.05, 3.63) is 0 Å². The van der Waals surface area contributed by atoms with Crippen molar-refractivity contribution >= 4 is 23.8 Å². The van der Waals surface area contributed by atoms with Gasteiger partial charge in [0.25, 0.3) is 0 Å². The molecule has 12 nitrogen and oxygen atoms in total. The Morgan fingerprint density at radius 3 is 2.11 bits per heavy atom. The maximum Gasteiger partial charge on any atom is 0.303 e. The predicted octanol–water partition coefficient (Wildman–Crippen LogP) is -0.104. The van der Waals surface area contributed by atoms with E-state index in [1.165, 1.54) is 0 Å². The van der Waals surface area contributed by atoms with Gasteiger partial charge in [0.2, 0.25) is 11.8 Å². The van der Waals surface area contributed by atoms with Gasteiger partial charge in [-0.25, -0.2) is 0 Å². The molecule has 4 unspecified atom stereocenters. The predicted molar refractivity (Wildman–Crippen MR) is 144 cm³/mol. The minimum atomic E-state index is -0.893. The van der Waals surface area contributed by atoms with E-state index < -0.39 is 17.6 Å². The van der Waals surface area contributed by atoms with Gasteiger partial charge in [0.1, 0.15) is 5.66 Å². The quantitative estimate of drug-likeness (QED) is 0.195. The second kappa shape index (κ2) is 16.0. The molecule has 0 aromatic rings. The number of carboxylic acids is 2. The molecule has 0 bridgehead atoms. The average Bonchev–Trinajstić information content (AvgIpc) is 3.47. The number of nitrogens with one attached hydrogen (secondary N) is 4. The van der Waals surface area contributed by atoms with Crippen LogP contribution in [-0.4, -0.2) is 114 Å². The minimum Gasteiger partial charge on any atom is -0.481 e. The van der Waals surface area contributed by atoms with E-state index in [4.69, 9.17) is 10.2 Å². The molecule has 2 aliphatic heterocycles. The van der Waals surface area contributed by atoms with Crippen LogP contribution in [-0.2, 0) is 19.2 Å². The Morgan fingerprint density at radius 1 is 0.842 bits per heavy atom. The summed E-state index contributed by atoms with van der Waals surface area (Å²) in [5, 5.41) is 31.0. The van der Waals surface area contributed by atoms with E-state index in [0.29, 0.717) is 44.3 Å². The number of carboxylic acid groups (broad SMARTS) is 2. The highest BCUT2D eigenvalue weighted by Crippen LogP contribution is 2.30. The normalized spacial score (nSPS) is 29.2. The fourth-order valence-electron chi connectivity index (χ4n) is 5.05. The highest BCUT2D eigenvalue weighted by Gasteiger charge is 2.52. The second-order valence-electron chi connectivity index (χ2n) is 11.1. The number of nitrogens with zero attached hydrogens (tertiary/aromatic N) is 2. The summed E-state index contributed by atoms with van der Waals surface area (Å²) in [5.41, 5.74) is -0.439. The van der Waals surface area contributed by atoms with Crippen molar-refractivity contribution in [2.24, 2.45) is 11.8 Å². The van der Waals surface area contributed by atoms with Crippen molar-refractivity contribution in [2.75, 3.05) is 58.9 Å². The molecule has 2 fully saturated rings. The summed E-state index contributed by atoms with van der Waals surface area (Å²) in [6, 6.07) is -0.0878. The van der Waals surface area contributed by atoms with Crippen LogP contribution in [0.2, 0.25) is 0 Å². The van der Waals surface area contributed by atoms with Crippen LogP contribution < -0.4 is 21.3 Å². The monoisotopic (exact) mass is 540 g/mol. The molecule has 2 aliphatic rings. The van der Waals surface area contributed by atoms with Crippen LogP contribution in [0.25, 0.3) is 0 Å². The Bertz CT molecular complexity index is 798. The summed E-state index contributed by atoms with van der Waals surface area (Å²) in [6.45, 7) is 13.1. The van der Waals surface area contributed by atoms with Crippen LogP contribution >= 0.6 is 0 Å². The zero-order valence-electron chi connectivity index (χ0n) is 23.3. The molecule has 0 saturated carbocycles. The van der Waals surface area contributed by atoms with Gasteiger partial charge in [-0.05, 0) is 44.3 Å². The first-order valence-electron chi connectivity index (χ1n) is 14.0. The third kappa shape index (κ3) is 12.1. The molecular formula is C26H48N6O6. The molecule has 0 spiro atoms. The van der Waals surface area contributed by atoms with E-state index in [0.717, 1.165) is 39.3 Å². The minimum absolute atomic E-state index is 0.0133. The van der Waals surface area contributed by atoms with E-state index in [-0.39, 0.29) is 43.5 Å². The number of carbonyl (C=O) groups is 4. The Morgan fingerprint density at radius 2 is 1.47 bits per heavy atom. The standard InChI is InChI=1S/C26H48N6O6/c1-4-31-14-20(3)15-32-18-26(32,30-23(34)8-6-10-25(37)38)17-28-12-19(2)11-27-13-21(16-31)29-22(33)7-5-9-24(35)36/h19-21,27-28H,4-18H2,1-3H3,(H,29,33)(H,30,34)(H,35,36)(H,37,38)/t19?,20?,21?,26-,32?/m0/s1. The molecule has 0 aromatic carbocycles. The van der Waals surface area contributed by atoms with E-state index in [2.05, 4.69) is 51.8 Å². The summed E-state index contributed by atoms with van der Waals surface area (Å²) in [5.74, 6) is -1.38. The molecule has 0 aromatic heterocycles. The molecule has 218 valence electrons. The maximum absolute atomic E-state index is 12.6. The van der Waals surface area contributed by atoms with Gasteiger partial charge >= 0.3 is 11.9 Å². The first kappa shape index (κ1) is 31.9. The van der Waals surface area contributed by atoms with E-state index >= 15 is 0 Å². The SMILES string of the molecule is CCN1CC(C)CN2C[C@]2(NC(=O)CCCC(=O)O)CNCC(C)CNCC(NC(=O)CCCC(=O)O)C1. The summed E-state index contributed by atoms with van der Waals surface area (Å²) >= 11 is 0. The maximum atomic E-state index is 12.6. The molecule has 6 N–H and O–H groups in total. The van der Waals surface area contributed by atoms with Gasteiger partial charge < -0.3 is 36.4 Å². The van der Waals surface area contributed by atoms with Crippen LogP contribution in [0.3, 0.4) is 0 Å². The van der Waals surface area contributed by atoms with E-state index in [1.807, 2.05) is 0 Å².